The summed E-state index contributed by atoms with van der Waals surface area (Å²) >= 11 is 0. The van der Waals surface area contributed by atoms with E-state index in [1.807, 2.05) is 0 Å². The Balaban J connectivity index is 2.41. The second kappa shape index (κ2) is 7.29. The summed E-state index contributed by atoms with van der Waals surface area (Å²) in [5.74, 6) is 0.809. The summed E-state index contributed by atoms with van der Waals surface area (Å²) in [6.07, 6.45) is 5.31. The average Bonchev–Trinajstić information content (AvgIpc) is 2.25. The Labute approximate surface area is 102 Å². The Morgan fingerprint density at radius 1 is 1.31 bits per heavy atom. The Bertz CT molecular complexity index is 180. The number of nitrogens with zero attached hydrogens (tertiary/aromatic N) is 1. The van der Waals surface area contributed by atoms with E-state index in [0.29, 0.717) is 0 Å². The number of piperazine rings is 1. The van der Waals surface area contributed by atoms with Crippen LogP contribution < -0.4 is 5.32 Å². The second-order valence-electron chi connectivity index (χ2n) is 5.63. The van der Waals surface area contributed by atoms with Gasteiger partial charge in [0.1, 0.15) is 0 Å². The lowest BCUT2D eigenvalue weighted by molar-refractivity contribution is 0.125. The van der Waals surface area contributed by atoms with Gasteiger partial charge in [-0.15, -0.1) is 0 Å². The van der Waals surface area contributed by atoms with Crippen molar-refractivity contribution < 1.29 is 0 Å². The van der Waals surface area contributed by atoms with Crippen LogP contribution in [-0.2, 0) is 0 Å². The van der Waals surface area contributed by atoms with E-state index in [4.69, 9.17) is 0 Å². The summed E-state index contributed by atoms with van der Waals surface area (Å²) in [4.78, 5) is 2.72. The van der Waals surface area contributed by atoms with Gasteiger partial charge in [0.05, 0.1) is 0 Å². The van der Waals surface area contributed by atoms with Gasteiger partial charge in [0.25, 0.3) is 0 Å². The van der Waals surface area contributed by atoms with Crippen LogP contribution in [0.25, 0.3) is 0 Å². The van der Waals surface area contributed by atoms with Gasteiger partial charge in [0, 0.05) is 31.7 Å². The molecule has 0 amide bonds. The summed E-state index contributed by atoms with van der Waals surface area (Å²) < 4.78 is 0. The van der Waals surface area contributed by atoms with E-state index < -0.39 is 0 Å². The summed E-state index contributed by atoms with van der Waals surface area (Å²) in [7, 11) is 0. The number of hydrogen-bond acceptors (Lipinski definition) is 2. The topological polar surface area (TPSA) is 15.3 Å². The Morgan fingerprint density at radius 3 is 2.62 bits per heavy atom. The normalized spacial score (nSPS) is 24.9. The molecule has 1 N–H and O–H groups in total. The van der Waals surface area contributed by atoms with Crippen LogP contribution in [0.2, 0.25) is 0 Å². The third-order valence-electron chi connectivity index (χ3n) is 3.65. The van der Waals surface area contributed by atoms with Crippen LogP contribution in [0.1, 0.15) is 53.4 Å². The summed E-state index contributed by atoms with van der Waals surface area (Å²) in [6, 6.07) is 1.54. The first-order valence-electron chi connectivity index (χ1n) is 7.14. The van der Waals surface area contributed by atoms with Crippen molar-refractivity contribution in [1.82, 2.24) is 10.2 Å². The summed E-state index contributed by atoms with van der Waals surface area (Å²) in [5.41, 5.74) is 0. The van der Waals surface area contributed by atoms with E-state index >= 15 is 0 Å². The Kier molecular flexibility index (Phi) is 6.37. The van der Waals surface area contributed by atoms with E-state index in [1.165, 1.54) is 45.3 Å². The van der Waals surface area contributed by atoms with Crippen LogP contribution in [0.5, 0.6) is 0 Å². The molecule has 0 saturated carbocycles. The maximum Gasteiger partial charge on any atom is 0.0198 e. The fraction of sp³-hybridized carbons (Fsp3) is 1.00. The van der Waals surface area contributed by atoms with Crippen LogP contribution in [0.4, 0.5) is 0 Å². The summed E-state index contributed by atoms with van der Waals surface area (Å²) in [5, 5.41) is 3.66. The molecule has 1 aliphatic rings. The van der Waals surface area contributed by atoms with Gasteiger partial charge in [-0.3, -0.25) is 4.90 Å². The minimum atomic E-state index is 0.722. The largest absolute Gasteiger partial charge is 0.311 e. The van der Waals surface area contributed by atoms with Crippen molar-refractivity contribution in [3.8, 4) is 0 Å². The minimum absolute atomic E-state index is 0.722. The highest BCUT2D eigenvalue weighted by Crippen LogP contribution is 2.16. The smallest absolute Gasteiger partial charge is 0.0198 e. The first-order chi connectivity index (χ1) is 7.67. The molecular weight excluding hydrogens is 196 g/mol. The fourth-order valence-electron chi connectivity index (χ4n) is 2.89. The molecule has 2 nitrogen and oxygen atoms in total. The first kappa shape index (κ1) is 14.0. The highest BCUT2D eigenvalue weighted by atomic mass is 15.2. The Hall–Kier alpha value is -0.0800. The van der Waals surface area contributed by atoms with Crippen LogP contribution in [0, 0.1) is 5.92 Å². The van der Waals surface area contributed by atoms with Crippen LogP contribution in [0.15, 0.2) is 0 Å². The number of hydrogen-bond donors (Lipinski definition) is 1. The maximum absolute atomic E-state index is 3.66. The van der Waals surface area contributed by atoms with E-state index in [2.05, 4.69) is 37.9 Å². The zero-order chi connectivity index (χ0) is 12.0. The molecule has 0 aromatic rings. The van der Waals surface area contributed by atoms with Gasteiger partial charge in [-0.25, -0.2) is 0 Å². The van der Waals surface area contributed by atoms with Gasteiger partial charge < -0.3 is 5.32 Å². The molecule has 2 atom stereocenters. The quantitative estimate of drug-likeness (QED) is 0.749. The second-order valence-corrected chi connectivity index (χ2v) is 5.63. The molecule has 0 spiro atoms. The predicted octanol–water partition coefficient (Wildman–Crippen LogP) is 2.89. The van der Waals surface area contributed by atoms with Crippen LogP contribution in [-0.4, -0.2) is 36.6 Å². The predicted molar refractivity (Wildman–Crippen MR) is 71.8 cm³/mol. The first-order valence-corrected chi connectivity index (χ1v) is 7.14. The molecule has 0 aromatic carbocycles. The molecule has 1 saturated heterocycles. The van der Waals surface area contributed by atoms with Gasteiger partial charge >= 0.3 is 0 Å². The zero-order valence-electron chi connectivity index (χ0n) is 11.6. The van der Waals surface area contributed by atoms with E-state index in [-0.39, 0.29) is 0 Å². The lowest BCUT2D eigenvalue weighted by atomic mass is 9.99. The van der Waals surface area contributed by atoms with Crippen LogP contribution in [0.3, 0.4) is 0 Å². The van der Waals surface area contributed by atoms with Crippen molar-refractivity contribution in [2.45, 2.75) is 65.5 Å². The third-order valence-corrected chi connectivity index (χ3v) is 3.65. The SMILES string of the molecule is CCCC(CC)N1CCNC(CC(C)C)C1. The molecule has 1 rings (SSSR count). The van der Waals surface area contributed by atoms with Crippen molar-refractivity contribution in [3.63, 3.8) is 0 Å². The van der Waals surface area contributed by atoms with Crippen molar-refractivity contribution in [1.29, 1.82) is 0 Å². The van der Waals surface area contributed by atoms with E-state index in [0.717, 1.165) is 18.0 Å². The fourth-order valence-corrected chi connectivity index (χ4v) is 2.89. The molecule has 16 heavy (non-hydrogen) atoms. The number of rotatable bonds is 6. The molecule has 0 aromatic heterocycles. The lowest BCUT2D eigenvalue weighted by Gasteiger charge is -2.39. The van der Waals surface area contributed by atoms with E-state index in [9.17, 15) is 0 Å². The van der Waals surface area contributed by atoms with Gasteiger partial charge in [0.15, 0.2) is 0 Å². The molecular formula is C14H30N2. The molecule has 0 aliphatic carbocycles. The van der Waals surface area contributed by atoms with Crippen molar-refractivity contribution in [2.24, 2.45) is 5.92 Å². The van der Waals surface area contributed by atoms with Crippen molar-refractivity contribution in [2.75, 3.05) is 19.6 Å². The molecule has 1 heterocycles. The molecule has 0 bridgehead atoms. The Morgan fingerprint density at radius 2 is 2.06 bits per heavy atom. The molecule has 1 fully saturated rings. The molecule has 2 heteroatoms. The van der Waals surface area contributed by atoms with Gasteiger partial charge in [-0.05, 0) is 25.2 Å². The molecule has 0 radical (unpaired) electrons. The zero-order valence-corrected chi connectivity index (χ0v) is 11.6. The number of nitrogens with one attached hydrogen (secondary N) is 1. The van der Waals surface area contributed by atoms with Crippen molar-refractivity contribution >= 4 is 0 Å². The average molecular weight is 226 g/mol. The molecule has 96 valence electrons. The van der Waals surface area contributed by atoms with Gasteiger partial charge in [-0.1, -0.05) is 34.1 Å². The van der Waals surface area contributed by atoms with Crippen LogP contribution >= 0.6 is 0 Å². The standard InChI is InChI=1S/C14H30N2/c1-5-7-14(6-2)16-9-8-15-13(11-16)10-12(3)4/h12-15H,5-11H2,1-4H3. The highest BCUT2D eigenvalue weighted by molar-refractivity contribution is 4.83. The molecule has 1 aliphatic heterocycles. The minimum Gasteiger partial charge on any atom is -0.311 e. The van der Waals surface area contributed by atoms with Gasteiger partial charge in [-0.2, -0.15) is 0 Å². The molecule has 2 unspecified atom stereocenters. The maximum atomic E-state index is 3.66. The lowest BCUT2D eigenvalue weighted by Crippen LogP contribution is -2.54. The summed E-state index contributed by atoms with van der Waals surface area (Å²) in [6.45, 7) is 13.0. The highest BCUT2D eigenvalue weighted by Gasteiger charge is 2.24. The third kappa shape index (κ3) is 4.42. The van der Waals surface area contributed by atoms with Gasteiger partial charge in [0.2, 0.25) is 0 Å². The van der Waals surface area contributed by atoms with Crippen molar-refractivity contribution in [3.05, 3.63) is 0 Å². The van der Waals surface area contributed by atoms with E-state index in [1.54, 1.807) is 0 Å². The monoisotopic (exact) mass is 226 g/mol.